The van der Waals surface area contributed by atoms with Crippen molar-refractivity contribution in [1.82, 2.24) is 5.32 Å². The third-order valence-electron chi connectivity index (χ3n) is 5.77. The van der Waals surface area contributed by atoms with E-state index in [4.69, 9.17) is 9.47 Å². The molecule has 1 N–H and O–H groups in total. The second kappa shape index (κ2) is 7.82. The summed E-state index contributed by atoms with van der Waals surface area (Å²) < 4.78 is 11.3. The molecule has 0 fully saturated rings. The van der Waals surface area contributed by atoms with Gasteiger partial charge in [-0.15, -0.1) is 0 Å². The minimum absolute atomic E-state index is 0.147. The van der Waals surface area contributed by atoms with Crippen LogP contribution in [0.5, 0.6) is 11.5 Å². The molecule has 0 atom stereocenters. The van der Waals surface area contributed by atoms with E-state index in [1.165, 1.54) is 0 Å². The Bertz CT molecular complexity index is 839. The number of Topliss-reactive ketones (excluding diaryl/α,β-unsaturated/α-hetero) is 2. The standard InChI is InChI=1S/C23H27NO4/c1-3-12-28-19-11-10-14(13-20(19)27-2)21-22-15(6-4-8-17(22)25)24-16-7-5-9-18(26)23(16)21/h10-11,13,21,24H,3-9,12H2,1-2H3. The highest BCUT2D eigenvalue weighted by Crippen LogP contribution is 2.46. The van der Waals surface area contributed by atoms with Crippen LogP contribution < -0.4 is 14.8 Å². The van der Waals surface area contributed by atoms with E-state index < -0.39 is 0 Å². The van der Waals surface area contributed by atoms with E-state index >= 15 is 0 Å². The van der Waals surface area contributed by atoms with Crippen LogP contribution in [0.4, 0.5) is 0 Å². The third-order valence-corrected chi connectivity index (χ3v) is 5.77. The minimum atomic E-state index is -0.305. The zero-order valence-electron chi connectivity index (χ0n) is 16.6. The monoisotopic (exact) mass is 381 g/mol. The first kappa shape index (κ1) is 18.8. The molecule has 0 aromatic heterocycles. The fraction of sp³-hybridized carbons (Fsp3) is 0.478. The Kier molecular flexibility index (Phi) is 5.25. The number of benzene rings is 1. The lowest BCUT2D eigenvalue weighted by Gasteiger charge is -2.37. The highest BCUT2D eigenvalue weighted by molar-refractivity contribution is 6.06. The molecule has 3 aliphatic rings. The van der Waals surface area contributed by atoms with Gasteiger partial charge in [0.2, 0.25) is 0 Å². The number of ether oxygens (including phenoxy) is 2. The van der Waals surface area contributed by atoms with Crippen molar-refractivity contribution < 1.29 is 19.1 Å². The molecule has 5 nitrogen and oxygen atoms in total. The molecular weight excluding hydrogens is 354 g/mol. The van der Waals surface area contributed by atoms with Crippen LogP contribution in [-0.4, -0.2) is 25.3 Å². The number of allylic oxidation sites excluding steroid dienone is 4. The van der Waals surface area contributed by atoms with Crippen LogP contribution in [0, 0.1) is 0 Å². The number of hydrogen-bond donors (Lipinski definition) is 1. The van der Waals surface area contributed by atoms with Crippen molar-refractivity contribution in [2.75, 3.05) is 13.7 Å². The molecule has 0 amide bonds. The Labute approximate surface area is 165 Å². The van der Waals surface area contributed by atoms with Gasteiger partial charge in [0.15, 0.2) is 23.1 Å². The minimum Gasteiger partial charge on any atom is -0.493 e. The molecule has 1 aliphatic heterocycles. The lowest BCUT2D eigenvalue weighted by atomic mass is 9.71. The molecule has 28 heavy (non-hydrogen) atoms. The molecule has 5 heteroatoms. The van der Waals surface area contributed by atoms with Crippen LogP contribution in [0.2, 0.25) is 0 Å². The van der Waals surface area contributed by atoms with Crippen LogP contribution in [0.3, 0.4) is 0 Å². The summed E-state index contributed by atoms with van der Waals surface area (Å²) in [4.78, 5) is 25.7. The molecule has 0 bridgehead atoms. The number of methoxy groups -OCH3 is 1. The van der Waals surface area contributed by atoms with E-state index in [1.54, 1.807) is 7.11 Å². The second-order valence-electron chi connectivity index (χ2n) is 7.65. The molecular formula is C23H27NO4. The van der Waals surface area contributed by atoms with Crippen LogP contribution in [0.15, 0.2) is 40.7 Å². The average Bonchev–Trinajstić information content (AvgIpc) is 2.71. The molecule has 0 saturated heterocycles. The summed E-state index contributed by atoms with van der Waals surface area (Å²) in [6.45, 7) is 2.67. The summed E-state index contributed by atoms with van der Waals surface area (Å²) in [7, 11) is 1.62. The maximum absolute atomic E-state index is 12.9. The summed E-state index contributed by atoms with van der Waals surface area (Å²) in [6, 6.07) is 5.80. The molecule has 1 aromatic rings. The summed E-state index contributed by atoms with van der Waals surface area (Å²) in [5, 5.41) is 3.45. The average molecular weight is 381 g/mol. The Morgan fingerprint density at radius 3 is 2.18 bits per heavy atom. The van der Waals surface area contributed by atoms with Crippen molar-refractivity contribution in [3.05, 3.63) is 46.3 Å². The van der Waals surface area contributed by atoms with Crippen molar-refractivity contribution in [1.29, 1.82) is 0 Å². The maximum Gasteiger partial charge on any atom is 0.161 e. The summed E-state index contributed by atoms with van der Waals surface area (Å²) in [5.41, 5.74) is 4.46. The number of nitrogens with one attached hydrogen (secondary N) is 1. The summed E-state index contributed by atoms with van der Waals surface area (Å²) in [5.74, 6) is 1.32. The molecule has 0 radical (unpaired) electrons. The predicted molar refractivity (Wildman–Crippen MR) is 106 cm³/mol. The molecule has 0 unspecified atom stereocenters. The van der Waals surface area contributed by atoms with Crippen LogP contribution in [-0.2, 0) is 9.59 Å². The highest BCUT2D eigenvalue weighted by atomic mass is 16.5. The number of rotatable bonds is 5. The zero-order valence-corrected chi connectivity index (χ0v) is 16.6. The molecule has 0 spiro atoms. The van der Waals surface area contributed by atoms with Crippen molar-refractivity contribution in [3.63, 3.8) is 0 Å². The molecule has 4 rings (SSSR count). The number of dihydropyridines is 1. The van der Waals surface area contributed by atoms with Crippen molar-refractivity contribution in [3.8, 4) is 11.5 Å². The fourth-order valence-corrected chi connectivity index (χ4v) is 4.51. The van der Waals surface area contributed by atoms with Gasteiger partial charge in [0.25, 0.3) is 0 Å². The van der Waals surface area contributed by atoms with Gasteiger partial charge in [-0.3, -0.25) is 9.59 Å². The molecule has 1 heterocycles. The smallest absolute Gasteiger partial charge is 0.161 e. The van der Waals surface area contributed by atoms with Crippen molar-refractivity contribution in [2.24, 2.45) is 0 Å². The first-order chi connectivity index (χ1) is 13.6. The van der Waals surface area contributed by atoms with E-state index in [2.05, 4.69) is 12.2 Å². The van der Waals surface area contributed by atoms with Gasteiger partial charge in [-0.25, -0.2) is 0 Å². The molecule has 1 aromatic carbocycles. The third kappa shape index (κ3) is 3.23. The zero-order chi connectivity index (χ0) is 19.7. The van der Waals surface area contributed by atoms with Gasteiger partial charge in [-0.05, 0) is 49.8 Å². The van der Waals surface area contributed by atoms with Gasteiger partial charge in [-0.1, -0.05) is 13.0 Å². The normalized spacial score (nSPS) is 19.9. The van der Waals surface area contributed by atoms with Crippen LogP contribution >= 0.6 is 0 Å². The van der Waals surface area contributed by atoms with Crippen molar-refractivity contribution >= 4 is 11.6 Å². The van der Waals surface area contributed by atoms with Gasteiger partial charge >= 0.3 is 0 Å². The van der Waals surface area contributed by atoms with Gasteiger partial charge in [-0.2, -0.15) is 0 Å². The van der Waals surface area contributed by atoms with Gasteiger partial charge < -0.3 is 14.8 Å². The van der Waals surface area contributed by atoms with Gasteiger partial charge in [0, 0.05) is 41.3 Å². The van der Waals surface area contributed by atoms with Gasteiger partial charge in [0.1, 0.15) is 0 Å². The van der Waals surface area contributed by atoms with Crippen molar-refractivity contribution in [2.45, 2.75) is 57.8 Å². The number of carbonyl (C=O) groups excluding carboxylic acids is 2. The second-order valence-corrected chi connectivity index (χ2v) is 7.65. The Hall–Kier alpha value is -2.56. The van der Waals surface area contributed by atoms with E-state index in [0.29, 0.717) is 30.9 Å². The number of hydrogen-bond acceptors (Lipinski definition) is 5. The number of carbonyl (C=O) groups is 2. The number of ketones is 2. The Balaban J connectivity index is 1.82. The fourth-order valence-electron chi connectivity index (χ4n) is 4.51. The lowest BCUT2D eigenvalue weighted by molar-refractivity contribution is -0.116. The maximum atomic E-state index is 12.9. The SMILES string of the molecule is CCCOc1ccc(C2C3=C(CCCC3=O)NC3=C2C(=O)CCC3)cc1OC. The summed E-state index contributed by atoms with van der Waals surface area (Å²) >= 11 is 0. The largest absolute Gasteiger partial charge is 0.493 e. The predicted octanol–water partition coefficient (Wildman–Crippen LogP) is 4.19. The van der Waals surface area contributed by atoms with E-state index in [0.717, 1.165) is 60.2 Å². The first-order valence-electron chi connectivity index (χ1n) is 10.2. The quantitative estimate of drug-likeness (QED) is 0.829. The molecule has 0 saturated carbocycles. The lowest BCUT2D eigenvalue weighted by Crippen LogP contribution is -2.36. The Morgan fingerprint density at radius 1 is 0.964 bits per heavy atom. The molecule has 148 valence electrons. The Morgan fingerprint density at radius 2 is 1.61 bits per heavy atom. The van der Waals surface area contributed by atoms with Gasteiger partial charge in [0.05, 0.1) is 13.7 Å². The van der Waals surface area contributed by atoms with E-state index in [-0.39, 0.29) is 17.5 Å². The first-order valence-corrected chi connectivity index (χ1v) is 10.2. The summed E-state index contributed by atoms with van der Waals surface area (Å²) in [6.07, 6.45) is 5.44. The van der Waals surface area contributed by atoms with Crippen LogP contribution in [0.25, 0.3) is 0 Å². The van der Waals surface area contributed by atoms with Crippen LogP contribution in [0.1, 0.15) is 63.4 Å². The van der Waals surface area contributed by atoms with E-state index in [1.807, 2.05) is 18.2 Å². The molecule has 2 aliphatic carbocycles. The topological polar surface area (TPSA) is 64.6 Å². The highest BCUT2D eigenvalue weighted by Gasteiger charge is 2.40. The van der Waals surface area contributed by atoms with E-state index in [9.17, 15) is 9.59 Å².